The van der Waals surface area contributed by atoms with Gasteiger partial charge in [-0.15, -0.1) is 0 Å². The van der Waals surface area contributed by atoms with Crippen LogP contribution in [0.4, 0.5) is 0 Å². The minimum absolute atomic E-state index is 0.223. The molecule has 1 saturated heterocycles. The van der Waals surface area contributed by atoms with Crippen LogP contribution >= 0.6 is 31.9 Å². The maximum Gasteiger partial charge on any atom is 0.244 e. The lowest BCUT2D eigenvalue weighted by Crippen LogP contribution is -2.32. The predicted molar refractivity (Wildman–Crippen MR) is 88.2 cm³/mol. The van der Waals surface area contributed by atoms with Crippen LogP contribution in [0.3, 0.4) is 0 Å². The molecule has 112 valence electrons. The van der Waals surface area contributed by atoms with Crippen LogP contribution in [0.15, 0.2) is 32.0 Å². The van der Waals surface area contributed by atoms with Crippen molar-refractivity contribution in [2.75, 3.05) is 13.1 Å². The molecule has 0 radical (unpaired) electrons. The fourth-order valence-corrected chi connectivity index (χ4v) is 5.65. The van der Waals surface area contributed by atoms with Crippen molar-refractivity contribution >= 4 is 41.9 Å². The number of rotatable bonds is 2. The molecule has 3 nitrogen and oxygen atoms in total. The molecule has 0 unspecified atom stereocenters. The van der Waals surface area contributed by atoms with Crippen molar-refractivity contribution < 1.29 is 8.42 Å². The summed E-state index contributed by atoms with van der Waals surface area (Å²) < 4.78 is 28.6. The Kier molecular flexibility index (Phi) is 4.99. The van der Waals surface area contributed by atoms with Crippen LogP contribution in [-0.4, -0.2) is 25.8 Å². The molecule has 1 aromatic rings. The Labute approximate surface area is 138 Å². The van der Waals surface area contributed by atoms with E-state index in [1.165, 1.54) is 0 Å². The number of nitrogens with zero attached hydrogens (tertiary/aromatic N) is 1. The van der Waals surface area contributed by atoms with Gasteiger partial charge in [0.05, 0.1) is 4.90 Å². The molecule has 0 bridgehead atoms. The molecule has 0 aromatic heterocycles. The predicted octanol–water partition coefficient (Wildman–Crippen LogP) is 4.41. The van der Waals surface area contributed by atoms with Gasteiger partial charge in [0.1, 0.15) is 0 Å². The van der Waals surface area contributed by atoms with E-state index in [-0.39, 0.29) is 5.41 Å². The summed E-state index contributed by atoms with van der Waals surface area (Å²) in [5, 5.41) is 0. The highest BCUT2D eigenvalue weighted by molar-refractivity contribution is 9.11. The molecular formula is C14H19Br2NO2S. The maximum atomic E-state index is 12.8. The second-order valence-electron chi connectivity index (χ2n) is 6.00. The summed E-state index contributed by atoms with van der Waals surface area (Å²) >= 11 is 6.70. The second-order valence-corrected chi connectivity index (χ2v) is 9.67. The number of hydrogen-bond donors (Lipinski definition) is 0. The van der Waals surface area contributed by atoms with Crippen molar-refractivity contribution in [3.8, 4) is 0 Å². The van der Waals surface area contributed by atoms with E-state index < -0.39 is 10.0 Å². The topological polar surface area (TPSA) is 37.4 Å². The zero-order valence-electron chi connectivity index (χ0n) is 11.7. The summed E-state index contributed by atoms with van der Waals surface area (Å²) in [5.41, 5.74) is 0.223. The highest BCUT2D eigenvalue weighted by atomic mass is 79.9. The van der Waals surface area contributed by atoms with Gasteiger partial charge < -0.3 is 0 Å². The molecule has 0 saturated carbocycles. The van der Waals surface area contributed by atoms with Crippen LogP contribution < -0.4 is 0 Å². The van der Waals surface area contributed by atoms with E-state index >= 15 is 0 Å². The van der Waals surface area contributed by atoms with Crippen LogP contribution in [-0.2, 0) is 10.0 Å². The largest absolute Gasteiger partial charge is 0.244 e. The van der Waals surface area contributed by atoms with Crippen LogP contribution in [0.25, 0.3) is 0 Å². The molecule has 0 atom stereocenters. The summed E-state index contributed by atoms with van der Waals surface area (Å²) in [7, 11) is -3.42. The minimum atomic E-state index is -3.42. The summed E-state index contributed by atoms with van der Waals surface area (Å²) in [6.45, 7) is 5.61. The zero-order valence-corrected chi connectivity index (χ0v) is 15.7. The molecule has 1 aliphatic rings. The van der Waals surface area contributed by atoms with Gasteiger partial charge in [-0.25, -0.2) is 8.42 Å². The fourth-order valence-electron chi connectivity index (χ4n) is 2.46. The monoisotopic (exact) mass is 423 g/mol. The normalized spacial score (nSPS) is 20.6. The third kappa shape index (κ3) is 3.64. The van der Waals surface area contributed by atoms with Gasteiger partial charge in [0.25, 0.3) is 0 Å². The summed E-state index contributed by atoms with van der Waals surface area (Å²) in [4.78, 5) is 0.348. The van der Waals surface area contributed by atoms with Gasteiger partial charge in [-0.1, -0.05) is 29.8 Å². The molecule has 0 amide bonds. The fraction of sp³-hybridized carbons (Fsp3) is 0.571. The number of benzene rings is 1. The first-order valence-corrected chi connectivity index (χ1v) is 9.70. The lowest BCUT2D eigenvalue weighted by atomic mass is 9.85. The Bertz CT molecular complexity index is 599. The summed E-state index contributed by atoms with van der Waals surface area (Å²) in [5.74, 6) is 0. The first kappa shape index (κ1) is 16.5. The molecule has 6 heteroatoms. The number of sulfonamides is 1. The van der Waals surface area contributed by atoms with Gasteiger partial charge in [-0.05, 0) is 58.8 Å². The molecule has 0 aliphatic carbocycles. The second kappa shape index (κ2) is 6.07. The van der Waals surface area contributed by atoms with Crippen LogP contribution in [0, 0.1) is 5.41 Å². The smallest absolute Gasteiger partial charge is 0.207 e. The average Bonchev–Trinajstić information content (AvgIpc) is 2.50. The molecule has 2 rings (SSSR count). The first-order chi connectivity index (χ1) is 9.22. The number of halogens is 2. The van der Waals surface area contributed by atoms with Crippen molar-refractivity contribution in [3.63, 3.8) is 0 Å². The lowest BCUT2D eigenvalue weighted by Gasteiger charge is -2.23. The van der Waals surface area contributed by atoms with Crippen molar-refractivity contribution in [2.45, 2.75) is 38.0 Å². The highest BCUT2D eigenvalue weighted by Gasteiger charge is 2.31. The standard InChI is InChI=1S/C14H19Br2NO2S/c1-14(2)6-3-8-17(9-7-14)20(18,19)13-5-4-11(15)10-12(13)16/h4-5,10H,3,6-9H2,1-2H3. The average molecular weight is 425 g/mol. The van der Waals surface area contributed by atoms with Crippen LogP contribution in [0.5, 0.6) is 0 Å². The Morgan fingerprint density at radius 3 is 2.50 bits per heavy atom. The van der Waals surface area contributed by atoms with E-state index in [2.05, 4.69) is 45.7 Å². The Hall–Kier alpha value is 0.0900. The van der Waals surface area contributed by atoms with Crippen LogP contribution in [0.1, 0.15) is 33.1 Å². The van der Waals surface area contributed by atoms with Crippen molar-refractivity contribution in [3.05, 3.63) is 27.1 Å². The van der Waals surface area contributed by atoms with Crippen LogP contribution in [0.2, 0.25) is 0 Å². The zero-order chi connectivity index (χ0) is 15.0. The molecule has 1 fully saturated rings. The van der Waals surface area contributed by atoms with E-state index in [0.29, 0.717) is 22.5 Å². The minimum Gasteiger partial charge on any atom is -0.207 e. The van der Waals surface area contributed by atoms with Gasteiger partial charge in [0, 0.05) is 22.0 Å². The third-order valence-electron chi connectivity index (χ3n) is 3.81. The van der Waals surface area contributed by atoms with Gasteiger partial charge in [0.2, 0.25) is 10.0 Å². The van der Waals surface area contributed by atoms with Gasteiger partial charge in [0.15, 0.2) is 0 Å². The van der Waals surface area contributed by atoms with Crippen molar-refractivity contribution in [1.82, 2.24) is 4.31 Å². The molecule has 1 aliphatic heterocycles. The first-order valence-electron chi connectivity index (χ1n) is 6.68. The summed E-state index contributed by atoms with van der Waals surface area (Å²) in [6, 6.07) is 5.19. The summed E-state index contributed by atoms with van der Waals surface area (Å²) in [6.07, 6.45) is 2.89. The van der Waals surface area contributed by atoms with E-state index in [0.717, 1.165) is 23.7 Å². The SMILES string of the molecule is CC1(C)CCCN(S(=O)(=O)c2ccc(Br)cc2Br)CC1. The van der Waals surface area contributed by atoms with Gasteiger partial charge >= 0.3 is 0 Å². The molecule has 1 aromatic carbocycles. The van der Waals surface area contributed by atoms with Crippen molar-refractivity contribution in [2.24, 2.45) is 5.41 Å². The molecule has 20 heavy (non-hydrogen) atoms. The van der Waals surface area contributed by atoms with Crippen molar-refractivity contribution in [1.29, 1.82) is 0 Å². The van der Waals surface area contributed by atoms with E-state index in [9.17, 15) is 8.42 Å². The Morgan fingerprint density at radius 1 is 1.15 bits per heavy atom. The molecular weight excluding hydrogens is 406 g/mol. The maximum absolute atomic E-state index is 12.8. The Balaban J connectivity index is 2.30. The third-order valence-corrected chi connectivity index (χ3v) is 7.18. The molecule has 0 N–H and O–H groups in total. The quantitative estimate of drug-likeness (QED) is 0.704. The molecule has 0 spiro atoms. The van der Waals surface area contributed by atoms with Gasteiger partial charge in [-0.2, -0.15) is 4.31 Å². The highest BCUT2D eigenvalue weighted by Crippen LogP contribution is 2.33. The lowest BCUT2D eigenvalue weighted by molar-refractivity contribution is 0.315. The van der Waals surface area contributed by atoms with E-state index in [4.69, 9.17) is 0 Å². The Morgan fingerprint density at radius 2 is 1.85 bits per heavy atom. The number of hydrogen-bond acceptors (Lipinski definition) is 2. The van der Waals surface area contributed by atoms with Gasteiger partial charge in [-0.3, -0.25) is 0 Å². The van der Waals surface area contributed by atoms with E-state index in [1.54, 1.807) is 22.5 Å². The molecule has 1 heterocycles. The van der Waals surface area contributed by atoms with E-state index in [1.807, 2.05) is 0 Å².